The minimum Gasteiger partial charge on any atom is -0.220 e. The Morgan fingerprint density at radius 3 is 3.17 bits per heavy atom. The van der Waals surface area contributed by atoms with Gasteiger partial charge in [0.15, 0.2) is 5.65 Å². The van der Waals surface area contributed by atoms with Crippen LogP contribution in [0.3, 0.4) is 0 Å². The van der Waals surface area contributed by atoms with Crippen molar-refractivity contribution in [2.75, 3.05) is 0 Å². The molecule has 0 aliphatic rings. The number of aromatic nitrogens is 3. The number of fused-ring (bicyclic) bond motifs is 1. The molecule has 0 aromatic carbocycles. The van der Waals surface area contributed by atoms with Crippen molar-refractivity contribution in [1.29, 1.82) is 0 Å². The maximum absolute atomic E-state index is 4.16. The van der Waals surface area contributed by atoms with Gasteiger partial charge in [0, 0.05) is 10.7 Å². The highest BCUT2D eigenvalue weighted by Crippen LogP contribution is 2.15. The molecule has 0 N–H and O–H groups in total. The lowest BCUT2D eigenvalue weighted by Crippen LogP contribution is -1.92. The van der Waals surface area contributed by atoms with Crippen molar-refractivity contribution in [3.63, 3.8) is 0 Å². The topological polar surface area (TPSA) is 30.2 Å². The molecule has 0 saturated heterocycles. The van der Waals surface area contributed by atoms with Gasteiger partial charge in [0.2, 0.25) is 0 Å². The summed E-state index contributed by atoms with van der Waals surface area (Å²) < 4.78 is 2.82. The van der Waals surface area contributed by atoms with Gasteiger partial charge in [0.25, 0.3) is 0 Å². The average molecular weight is 226 g/mol. The first kappa shape index (κ1) is 7.73. The summed E-state index contributed by atoms with van der Waals surface area (Å²) in [6.45, 7) is 2.11. The number of hydrogen-bond acceptors (Lipinski definition) is 2. The number of nitrogens with zero attached hydrogens (tertiary/aromatic N) is 3. The fourth-order valence-electron chi connectivity index (χ4n) is 1.22. The number of hydrogen-bond donors (Lipinski definition) is 0. The number of pyridine rings is 1. The molecule has 62 valence electrons. The van der Waals surface area contributed by atoms with E-state index >= 15 is 0 Å². The monoisotopic (exact) mass is 225 g/mol. The van der Waals surface area contributed by atoms with E-state index in [1.54, 1.807) is 10.8 Å². The second kappa shape index (κ2) is 2.86. The van der Waals surface area contributed by atoms with Gasteiger partial charge in [0.1, 0.15) is 6.33 Å². The van der Waals surface area contributed by atoms with Crippen LogP contribution in [0.5, 0.6) is 0 Å². The van der Waals surface area contributed by atoms with Gasteiger partial charge < -0.3 is 0 Å². The van der Waals surface area contributed by atoms with Crippen LogP contribution >= 0.6 is 15.9 Å². The first-order chi connectivity index (χ1) is 5.81. The van der Waals surface area contributed by atoms with Gasteiger partial charge in [-0.3, -0.25) is 0 Å². The van der Waals surface area contributed by atoms with Crippen LogP contribution in [-0.4, -0.2) is 14.6 Å². The van der Waals surface area contributed by atoms with Gasteiger partial charge in [-0.05, 0) is 34.0 Å². The predicted octanol–water partition coefficient (Wildman–Crippen LogP) is 2.05. The van der Waals surface area contributed by atoms with Crippen molar-refractivity contribution in [3.8, 4) is 0 Å². The van der Waals surface area contributed by atoms with E-state index in [-0.39, 0.29) is 0 Å². The molecule has 0 amide bonds. The van der Waals surface area contributed by atoms with Gasteiger partial charge in [-0.25, -0.2) is 9.50 Å². The zero-order chi connectivity index (χ0) is 8.55. The molecule has 0 aliphatic heterocycles. The molecule has 0 unspecified atom stereocenters. The van der Waals surface area contributed by atoms with Gasteiger partial charge in [-0.2, -0.15) is 5.10 Å². The molecular weight excluding hydrogens is 218 g/mol. The second-order valence-corrected chi connectivity index (χ2v) is 3.48. The lowest BCUT2D eigenvalue weighted by atomic mass is 10.2. The van der Waals surface area contributed by atoms with E-state index in [1.807, 2.05) is 6.20 Å². The Bertz CT molecular complexity index is 408. The highest BCUT2D eigenvalue weighted by molar-refractivity contribution is 9.10. The molecule has 0 bridgehead atoms. The Hall–Kier alpha value is -0.900. The Morgan fingerprint density at radius 1 is 1.58 bits per heavy atom. The molecule has 0 spiro atoms. The molecule has 12 heavy (non-hydrogen) atoms. The zero-order valence-electron chi connectivity index (χ0n) is 6.66. The summed E-state index contributed by atoms with van der Waals surface area (Å²) in [6, 6.07) is 2.07. The Labute approximate surface area is 78.6 Å². The standard InChI is InChI=1S/C8H8BrN3/c1-2-6-3-7(9)4-12-8(6)10-5-11-12/h3-5H,2H2,1H3. The summed E-state index contributed by atoms with van der Waals surface area (Å²) in [5.74, 6) is 0. The molecule has 2 rings (SSSR count). The Morgan fingerprint density at radius 2 is 2.42 bits per heavy atom. The molecule has 2 aromatic heterocycles. The molecule has 3 nitrogen and oxygen atoms in total. The van der Waals surface area contributed by atoms with Gasteiger partial charge in [0.05, 0.1) is 0 Å². The van der Waals surface area contributed by atoms with Crippen molar-refractivity contribution in [1.82, 2.24) is 14.6 Å². The third-order valence-electron chi connectivity index (χ3n) is 1.80. The van der Waals surface area contributed by atoms with E-state index in [9.17, 15) is 0 Å². The lowest BCUT2D eigenvalue weighted by molar-refractivity contribution is 0.941. The highest BCUT2D eigenvalue weighted by Gasteiger charge is 2.02. The van der Waals surface area contributed by atoms with Gasteiger partial charge in [-0.15, -0.1) is 0 Å². The molecule has 0 fully saturated rings. The van der Waals surface area contributed by atoms with Crippen molar-refractivity contribution in [2.24, 2.45) is 0 Å². The van der Waals surface area contributed by atoms with Gasteiger partial charge >= 0.3 is 0 Å². The largest absolute Gasteiger partial charge is 0.220 e. The van der Waals surface area contributed by atoms with E-state index in [0.717, 1.165) is 16.5 Å². The van der Waals surface area contributed by atoms with E-state index in [4.69, 9.17) is 0 Å². The maximum Gasteiger partial charge on any atom is 0.158 e. The summed E-state index contributed by atoms with van der Waals surface area (Å²) in [4.78, 5) is 4.16. The molecular formula is C8H8BrN3. The molecule has 0 aliphatic carbocycles. The number of rotatable bonds is 1. The van der Waals surface area contributed by atoms with Crippen LogP contribution in [0.2, 0.25) is 0 Å². The lowest BCUT2D eigenvalue weighted by Gasteiger charge is -1.99. The third-order valence-corrected chi connectivity index (χ3v) is 2.23. The molecule has 2 heterocycles. The zero-order valence-corrected chi connectivity index (χ0v) is 8.24. The first-order valence-corrected chi connectivity index (χ1v) is 4.58. The smallest absolute Gasteiger partial charge is 0.158 e. The molecule has 0 atom stereocenters. The summed E-state index contributed by atoms with van der Waals surface area (Å²) >= 11 is 3.42. The van der Waals surface area contributed by atoms with E-state index in [1.165, 1.54) is 5.56 Å². The van der Waals surface area contributed by atoms with Crippen LogP contribution < -0.4 is 0 Å². The molecule has 4 heteroatoms. The summed E-state index contributed by atoms with van der Waals surface area (Å²) in [6.07, 6.45) is 4.45. The van der Waals surface area contributed by atoms with Crippen molar-refractivity contribution >= 4 is 21.6 Å². The fraction of sp³-hybridized carbons (Fsp3) is 0.250. The van der Waals surface area contributed by atoms with Crippen LogP contribution in [0.25, 0.3) is 5.65 Å². The average Bonchev–Trinajstić information content (AvgIpc) is 2.50. The minimum atomic E-state index is 0.945. The van der Waals surface area contributed by atoms with E-state index in [2.05, 4.69) is 39.0 Å². The Kier molecular flexibility index (Phi) is 1.84. The van der Waals surface area contributed by atoms with Crippen molar-refractivity contribution in [2.45, 2.75) is 13.3 Å². The van der Waals surface area contributed by atoms with Crippen molar-refractivity contribution in [3.05, 3.63) is 28.6 Å². The summed E-state index contributed by atoms with van der Waals surface area (Å²) in [5.41, 5.74) is 2.16. The van der Waals surface area contributed by atoms with E-state index in [0.29, 0.717) is 0 Å². The van der Waals surface area contributed by atoms with Crippen molar-refractivity contribution < 1.29 is 0 Å². The van der Waals surface area contributed by atoms with Crippen LogP contribution in [0.4, 0.5) is 0 Å². The maximum atomic E-state index is 4.16. The number of aryl methyl sites for hydroxylation is 1. The van der Waals surface area contributed by atoms with Crippen LogP contribution in [0.1, 0.15) is 12.5 Å². The normalized spacial score (nSPS) is 10.8. The molecule has 0 saturated carbocycles. The van der Waals surface area contributed by atoms with Gasteiger partial charge in [-0.1, -0.05) is 6.92 Å². The van der Waals surface area contributed by atoms with E-state index < -0.39 is 0 Å². The quantitative estimate of drug-likeness (QED) is 0.744. The summed E-state index contributed by atoms with van der Waals surface area (Å²) in [5, 5.41) is 4.06. The predicted molar refractivity (Wildman–Crippen MR) is 50.1 cm³/mol. The minimum absolute atomic E-state index is 0.945. The second-order valence-electron chi connectivity index (χ2n) is 2.57. The molecule has 2 aromatic rings. The number of halogens is 1. The highest BCUT2D eigenvalue weighted by atomic mass is 79.9. The third kappa shape index (κ3) is 1.12. The fourth-order valence-corrected chi connectivity index (χ4v) is 1.69. The first-order valence-electron chi connectivity index (χ1n) is 3.79. The van der Waals surface area contributed by atoms with Crippen LogP contribution in [0, 0.1) is 0 Å². The molecule has 0 radical (unpaired) electrons. The van der Waals surface area contributed by atoms with Crippen LogP contribution in [-0.2, 0) is 6.42 Å². The SMILES string of the molecule is CCc1cc(Br)cn2ncnc12. The Balaban J connectivity index is 2.80. The van der Waals surface area contributed by atoms with Crippen LogP contribution in [0.15, 0.2) is 23.1 Å². The summed E-state index contributed by atoms with van der Waals surface area (Å²) in [7, 11) is 0.